The van der Waals surface area contributed by atoms with Crippen LogP contribution in [0.3, 0.4) is 0 Å². The second-order valence-electron chi connectivity index (χ2n) is 5.99. The molecule has 0 aromatic heterocycles. The molecule has 3 N–H and O–H groups in total. The van der Waals surface area contributed by atoms with Crippen LogP contribution in [-0.2, 0) is 20.3 Å². The van der Waals surface area contributed by atoms with Gasteiger partial charge in [0.1, 0.15) is 0 Å². The first-order valence-electron chi connectivity index (χ1n) is 7.90. The molecule has 3 atom stereocenters. The molecule has 1 heterocycles. The van der Waals surface area contributed by atoms with Gasteiger partial charge in [0.15, 0.2) is 5.54 Å². The summed E-state index contributed by atoms with van der Waals surface area (Å²) in [6, 6.07) is 8.89. The molecule has 1 aliphatic rings. The third-order valence-corrected chi connectivity index (χ3v) is 5.66. The van der Waals surface area contributed by atoms with Crippen molar-refractivity contribution in [3.05, 3.63) is 35.9 Å². The Bertz CT molecular complexity index is 573. The van der Waals surface area contributed by atoms with Crippen LogP contribution in [0, 0.1) is 0 Å². The molecule has 1 saturated heterocycles. The molecule has 23 heavy (non-hydrogen) atoms. The highest BCUT2D eigenvalue weighted by Crippen LogP contribution is 2.45. The van der Waals surface area contributed by atoms with E-state index in [0.29, 0.717) is 25.0 Å². The molecule has 1 aromatic rings. The normalized spacial score (nSPS) is 23.1. The van der Waals surface area contributed by atoms with E-state index in [9.17, 15) is 19.4 Å². The number of carboxylic acids is 1. The topological polar surface area (TPSA) is 95.9 Å². The zero-order valence-corrected chi connectivity index (χ0v) is 14.2. The summed E-state index contributed by atoms with van der Waals surface area (Å²) in [5.74, 6) is -1.13. The van der Waals surface area contributed by atoms with Crippen LogP contribution in [0.4, 0.5) is 0 Å². The minimum absolute atomic E-state index is 0.112. The molecule has 128 valence electrons. The predicted molar refractivity (Wildman–Crippen MR) is 87.4 cm³/mol. The lowest BCUT2D eigenvalue weighted by Crippen LogP contribution is -2.58. The fourth-order valence-corrected chi connectivity index (χ4v) is 4.88. The molecule has 0 spiro atoms. The first-order chi connectivity index (χ1) is 10.9. The van der Waals surface area contributed by atoms with Crippen LogP contribution in [0.5, 0.6) is 0 Å². The molecule has 7 heteroatoms. The van der Waals surface area contributed by atoms with Crippen molar-refractivity contribution in [2.24, 2.45) is 0 Å². The van der Waals surface area contributed by atoms with Gasteiger partial charge in [0.2, 0.25) is 0 Å². The van der Waals surface area contributed by atoms with Crippen LogP contribution >= 0.6 is 7.52 Å². The van der Waals surface area contributed by atoms with Crippen molar-refractivity contribution < 1.29 is 24.1 Å². The summed E-state index contributed by atoms with van der Waals surface area (Å²) in [5, 5.41) is 12.4. The van der Waals surface area contributed by atoms with Crippen molar-refractivity contribution >= 4 is 13.5 Å². The van der Waals surface area contributed by atoms with Crippen LogP contribution in [0.1, 0.15) is 38.2 Å². The smallest absolute Gasteiger partial charge is 0.327 e. The monoisotopic (exact) mass is 341 g/mol. The Balaban J connectivity index is 2.24. The fraction of sp³-hybridized carbons (Fsp3) is 0.562. The number of benzene rings is 1. The van der Waals surface area contributed by atoms with Gasteiger partial charge in [-0.25, -0.2) is 5.09 Å². The van der Waals surface area contributed by atoms with E-state index in [-0.39, 0.29) is 12.6 Å². The second-order valence-corrected chi connectivity index (χ2v) is 7.93. The van der Waals surface area contributed by atoms with E-state index in [1.54, 1.807) is 24.3 Å². The number of hydrogen-bond acceptors (Lipinski definition) is 3. The van der Waals surface area contributed by atoms with E-state index < -0.39 is 25.1 Å². The summed E-state index contributed by atoms with van der Waals surface area (Å²) in [4.78, 5) is 22.3. The molecule has 0 aliphatic carbocycles. The molecular weight excluding hydrogens is 317 g/mol. The number of aliphatic carboxylic acids is 1. The largest absolute Gasteiger partial charge is 0.480 e. The number of rotatable bonds is 8. The molecule has 0 bridgehead atoms. The number of ether oxygens (including phenoxy) is 1. The van der Waals surface area contributed by atoms with Crippen molar-refractivity contribution in [3.63, 3.8) is 0 Å². The third-order valence-electron chi connectivity index (χ3n) is 4.12. The predicted octanol–water partition coefficient (Wildman–Crippen LogP) is 2.76. The summed E-state index contributed by atoms with van der Waals surface area (Å²) in [5.41, 5.74) is -0.835. The lowest BCUT2D eigenvalue weighted by molar-refractivity contribution is -0.150. The van der Waals surface area contributed by atoms with Gasteiger partial charge >= 0.3 is 5.97 Å². The molecule has 0 amide bonds. The SMILES string of the molecule is CCCC(NP(=O)(O)Cc1ccccc1)(C(=O)O)C1CCCO1. The van der Waals surface area contributed by atoms with Gasteiger partial charge in [0, 0.05) is 6.61 Å². The maximum atomic E-state index is 12.7. The number of carboxylic acid groups (broad SMARTS) is 1. The van der Waals surface area contributed by atoms with Crippen LogP contribution in [0.25, 0.3) is 0 Å². The summed E-state index contributed by atoms with van der Waals surface area (Å²) in [6.07, 6.45) is 1.46. The van der Waals surface area contributed by atoms with Gasteiger partial charge < -0.3 is 14.7 Å². The molecule has 1 aliphatic heterocycles. The number of carbonyl (C=O) groups is 1. The number of hydrogen-bond donors (Lipinski definition) is 3. The van der Waals surface area contributed by atoms with Crippen molar-refractivity contribution in [2.75, 3.05) is 6.61 Å². The Kier molecular flexibility index (Phi) is 5.98. The van der Waals surface area contributed by atoms with Gasteiger partial charge in [0.25, 0.3) is 7.52 Å². The molecular formula is C16H24NO5P. The van der Waals surface area contributed by atoms with E-state index in [0.717, 1.165) is 6.42 Å². The highest BCUT2D eigenvalue weighted by atomic mass is 31.2. The first kappa shape index (κ1) is 18.1. The molecule has 1 aromatic carbocycles. The molecule has 1 fully saturated rings. The zero-order chi connectivity index (χ0) is 16.9. The molecule has 3 unspecified atom stereocenters. The second kappa shape index (κ2) is 7.58. The van der Waals surface area contributed by atoms with Crippen molar-refractivity contribution in [2.45, 2.75) is 50.4 Å². The van der Waals surface area contributed by atoms with E-state index in [1.807, 2.05) is 13.0 Å². The lowest BCUT2D eigenvalue weighted by Gasteiger charge is -2.36. The van der Waals surface area contributed by atoms with Gasteiger partial charge in [-0.3, -0.25) is 9.36 Å². The van der Waals surface area contributed by atoms with Crippen LogP contribution in [-0.4, -0.2) is 34.2 Å². The van der Waals surface area contributed by atoms with E-state index >= 15 is 0 Å². The van der Waals surface area contributed by atoms with Gasteiger partial charge in [-0.1, -0.05) is 43.7 Å². The Morgan fingerprint density at radius 3 is 2.65 bits per heavy atom. The summed E-state index contributed by atoms with van der Waals surface area (Å²) < 4.78 is 18.2. The molecule has 2 rings (SSSR count). The van der Waals surface area contributed by atoms with E-state index in [4.69, 9.17) is 4.74 Å². The van der Waals surface area contributed by atoms with Gasteiger partial charge in [0.05, 0.1) is 12.3 Å². The standard InChI is InChI=1S/C16H24NO5P/c1-2-10-16(15(18)19,14-9-6-11-22-14)17-23(20,21)12-13-7-4-3-5-8-13/h3-5,7-8,14H,2,6,9-12H2,1H3,(H,18,19)(H2,17,20,21). The minimum atomic E-state index is -3.88. The zero-order valence-electron chi connectivity index (χ0n) is 13.3. The maximum absolute atomic E-state index is 12.7. The summed E-state index contributed by atoms with van der Waals surface area (Å²) in [6.45, 7) is 2.34. The van der Waals surface area contributed by atoms with Crippen LogP contribution < -0.4 is 5.09 Å². The van der Waals surface area contributed by atoms with Crippen LogP contribution in [0.15, 0.2) is 30.3 Å². The highest BCUT2D eigenvalue weighted by Gasteiger charge is 2.50. The van der Waals surface area contributed by atoms with Gasteiger partial charge in [-0.2, -0.15) is 0 Å². The lowest BCUT2D eigenvalue weighted by atomic mass is 9.87. The Labute approximate surface area is 136 Å². The quantitative estimate of drug-likeness (QED) is 0.629. The van der Waals surface area contributed by atoms with E-state index in [2.05, 4.69) is 5.09 Å². The van der Waals surface area contributed by atoms with Crippen molar-refractivity contribution in [1.82, 2.24) is 5.09 Å². The molecule has 0 saturated carbocycles. The Morgan fingerprint density at radius 1 is 1.43 bits per heavy atom. The van der Waals surface area contributed by atoms with E-state index in [1.165, 1.54) is 0 Å². The van der Waals surface area contributed by atoms with Crippen molar-refractivity contribution in [3.8, 4) is 0 Å². The van der Waals surface area contributed by atoms with Gasteiger partial charge in [-0.15, -0.1) is 0 Å². The average molecular weight is 341 g/mol. The van der Waals surface area contributed by atoms with Gasteiger partial charge in [-0.05, 0) is 24.8 Å². The molecule has 6 nitrogen and oxygen atoms in total. The maximum Gasteiger partial charge on any atom is 0.327 e. The van der Waals surface area contributed by atoms with Crippen molar-refractivity contribution in [1.29, 1.82) is 0 Å². The molecule has 0 radical (unpaired) electrons. The first-order valence-corrected chi connectivity index (χ1v) is 9.74. The summed E-state index contributed by atoms with van der Waals surface area (Å²) in [7, 11) is -3.88. The van der Waals surface area contributed by atoms with Crippen LogP contribution in [0.2, 0.25) is 0 Å². The third kappa shape index (κ3) is 4.42. The fourth-order valence-electron chi connectivity index (χ4n) is 3.12. The Morgan fingerprint density at radius 2 is 2.13 bits per heavy atom. The average Bonchev–Trinajstić information content (AvgIpc) is 3.01. The number of nitrogens with one attached hydrogen (secondary N) is 1. The summed E-state index contributed by atoms with van der Waals surface area (Å²) >= 11 is 0. The Hall–Kier alpha value is -1.20. The highest BCUT2D eigenvalue weighted by molar-refractivity contribution is 7.55. The minimum Gasteiger partial charge on any atom is -0.480 e.